The second-order valence-electron chi connectivity index (χ2n) is 4.60. The SMILES string of the molecule is CCOC(=O)c1c(C)[nH]c(C)c1C(=O)CSc1nnc(SC)s1. The van der Waals surface area contributed by atoms with Gasteiger partial charge in [0.15, 0.2) is 14.5 Å². The van der Waals surface area contributed by atoms with Crippen molar-refractivity contribution >= 4 is 46.6 Å². The molecule has 0 aliphatic rings. The Morgan fingerprint density at radius 2 is 1.83 bits per heavy atom. The average molecular weight is 372 g/mol. The van der Waals surface area contributed by atoms with E-state index in [0.717, 1.165) is 8.68 Å². The summed E-state index contributed by atoms with van der Waals surface area (Å²) in [5, 5.41) is 8.02. The van der Waals surface area contributed by atoms with Gasteiger partial charge >= 0.3 is 5.97 Å². The van der Waals surface area contributed by atoms with Crippen LogP contribution in [0.1, 0.15) is 39.0 Å². The normalized spacial score (nSPS) is 10.8. The Morgan fingerprint density at radius 3 is 2.43 bits per heavy atom. The van der Waals surface area contributed by atoms with Gasteiger partial charge in [0.2, 0.25) is 0 Å². The summed E-state index contributed by atoms with van der Waals surface area (Å²) in [6.45, 7) is 5.55. The Hall–Kier alpha value is -1.32. The highest BCUT2D eigenvalue weighted by atomic mass is 32.2. The van der Waals surface area contributed by atoms with E-state index < -0.39 is 5.97 Å². The van der Waals surface area contributed by atoms with Crippen molar-refractivity contribution < 1.29 is 14.3 Å². The predicted octanol–water partition coefficient (Wildman–Crippen LogP) is 3.36. The lowest BCUT2D eigenvalue weighted by molar-refractivity contribution is 0.0522. The van der Waals surface area contributed by atoms with Crippen LogP contribution in [0.25, 0.3) is 0 Å². The standard InChI is InChI=1S/C14H17N3O3S3/c1-5-20-12(19)11-8(3)15-7(2)10(11)9(18)6-22-14-17-16-13(21-4)23-14/h15H,5-6H2,1-4H3. The average Bonchev–Trinajstić information content (AvgIpc) is 3.08. The first kappa shape index (κ1) is 18.0. The van der Waals surface area contributed by atoms with Crippen molar-refractivity contribution in [1.29, 1.82) is 0 Å². The number of aromatic amines is 1. The van der Waals surface area contributed by atoms with Gasteiger partial charge in [-0.3, -0.25) is 4.79 Å². The molecule has 0 aliphatic heterocycles. The molecule has 2 rings (SSSR count). The number of rotatable bonds is 7. The molecule has 9 heteroatoms. The van der Waals surface area contributed by atoms with Gasteiger partial charge in [0.1, 0.15) is 0 Å². The molecule has 0 fully saturated rings. The molecule has 0 atom stereocenters. The molecule has 0 bridgehead atoms. The molecular weight excluding hydrogens is 354 g/mol. The van der Waals surface area contributed by atoms with Crippen molar-refractivity contribution in [2.45, 2.75) is 29.5 Å². The summed E-state index contributed by atoms with van der Waals surface area (Å²) >= 11 is 4.30. The van der Waals surface area contributed by atoms with Gasteiger partial charge in [-0.15, -0.1) is 10.2 Å². The summed E-state index contributed by atoms with van der Waals surface area (Å²) in [5.74, 6) is -0.391. The highest BCUT2D eigenvalue weighted by Gasteiger charge is 2.25. The zero-order valence-corrected chi connectivity index (χ0v) is 15.7. The maximum absolute atomic E-state index is 12.6. The lowest BCUT2D eigenvalue weighted by Gasteiger charge is -2.05. The molecule has 1 N–H and O–H groups in total. The number of Topliss-reactive ketones (excluding diaryl/α,β-unsaturated/α-hetero) is 1. The zero-order chi connectivity index (χ0) is 17.0. The van der Waals surface area contributed by atoms with Gasteiger partial charge in [-0.1, -0.05) is 34.9 Å². The topological polar surface area (TPSA) is 84.9 Å². The van der Waals surface area contributed by atoms with Gasteiger partial charge in [-0.2, -0.15) is 0 Å². The minimum Gasteiger partial charge on any atom is -0.462 e. The van der Waals surface area contributed by atoms with Crippen LogP contribution in [0.15, 0.2) is 8.68 Å². The number of carbonyl (C=O) groups is 2. The van der Waals surface area contributed by atoms with Crippen LogP contribution in [0, 0.1) is 13.8 Å². The van der Waals surface area contributed by atoms with E-state index in [1.54, 1.807) is 20.8 Å². The number of H-pyrrole nitrogens is 1. The minimum absolute atomic E-state index is 0.124. The molecule has 0 saturated heterocycles. The Kier molecular flexibility index (Phi) is 6.25. The van der Waals surface area contributed by atoms with Crippen molar-refractivity contribution in [2.75, 3.05) is 18.6 Å². The highest BCUT2D eigenvalue weighted by molar-refractivity contribution is 8.03. The first-order valence-electron chi connectivity index (χ1n) is 6.87. The Labute approximate surface area is 146 Å². The summed E-state index contributed by atoms with van der Waals surface area (Å²) < 4.78 is 6.66. The lowest BCUT2D eigenvalue weighted by atomic mass is 10.1. The number of aryl methyl sites for hydroxylation is 2. The number of ketones is 1. The van der Waals surface area contributed by atoms with Crippen LogP contribution < -0.4 is 0 Å². The Bertz CT molecular complexity index is 724. The number of esters is 1. The number of aromatic nitrogens is 3. The fourth-order valence-corrected chi connectivity index (χ4v) is 4.44. The van der Waals surface area contributed by atoms with Gasteiger partial charge in [0.25, 0.3) is 0 Å². The molecule has 0 amide bonds. The largest absolute Gasteiger partial charge is 0.462 e. The molecule has 23 heavy (non-hydrogen) atoms. The van der Waals surface area contributed by atoms with Gasteiger partial charge in [-0.25, -0.2) is 4.79 Å². The van der Waals surface area contributed by atoms with E-state index in [9.17, 15) is 9.59 Å². The van der Waals surface area contributed by atoms with Crippen molar-refractivity contribution in [1.82, 2.24) is 15.2 Å². The van der Waals surface area contributed by atoms with Gasteiger partial charge in [-0.05, 0) is 27.0 Å². The smallest absolute Gasteiger partial charge is 0.340 e. The summed E-state index contributed by atoms with van der Waals surface area (Å²) in [7, 11) is 0. The number of nitrogens with one attached hydrogen (secondary N) is 1. The summed E-state index contributed by atoms with van der Waals surface area (Å²) in [5.41, 5.74) is 2.06. The molecule has 0 radical (unpaired) electrons. The lowest BCUT2D eigenvalue weighted by Crippen LogP contribution is -2.13. The van der Waals surface area contributed by atoms with E-state index in [1.165, 1.54) is 34.9 Å². The number of carbonyl (C=O) groups excluding carboxylic acids is 2. The number of nitrogens with zero attached hydrogens (tertiary/aromatic N) is 2. The maximum atomic E-state index is 12.6. The van der Waals surface area contributed by atoms with Crippen LogP contribution >= 0.6 is 34.9 Å². The van der Waals surface area contributed by atoms with E-state index >= 15 is 0 Å². The summed E-state index contributed by atoms with van der Waals surface area (Å²) in [4.78, 5) is 27.7. The van der Waals surface area contributed by atoms with Gasteiger partial charge in [0, 0.05) is 11.4 Å². The van der Waals surface area contributed by atoms with Gasteiger partial charge in [0.05, 0.1) is 23.5 Å². The highest BCUT2D eigenvalue weighted by Crippen LogP contribution is 2.29. The third-order valence-electron chi connectivity index (χ3n) is 3.02. The molecule has 2 heterocycles. The molecule has 0 spiro atoms. The second-order valence-corrected chi connectivity index (χ2v) is 7.85. The first-order valence-corrected chi connectivity index (χ1v) is 9.90. The van der Waals surface area contributed by atoms with E-state index in [2.05, 4.69) is 15.2 Å². The fraction of sp³-hybridized carbons (Fsp3) is 0.429. The molecule has 124 valence electrons. The molecule has 0 saturated carbocycles. The molecule has 0 unspecified atom stereocenters. The van der Waals surface area contributed by atoms with Crippen molar-refractivity contribution in [2.24, 2.45) is 0 Å². The molecule has 6 nitrogen and oxygen atoms in total. The summed E-state index contributed by atoms with van der Waals surface area (Å²) in [6, 6.07) is 0. The summed E-state index contributed by atoms with van der Waals surface area (Å²) in [6.07, 6.45) is 1.93. The Balaban J connectivity index is 2.16. The fourth-order valence-electron chi connectivity index (χ4n) is 2.13. The molecular formula is C14H17N3O3S3. The molecule has 2 aromatic heterocycles. The van der Waals surface area contributed by atoms with Crippen LogP contribution in [-0.4, -0.2) is 45.5 Å². The van der Waals surface area contributed by atoms with Crippen LogP contribution in [-0.2, 0) is 4.74 Å². The van der Waals surface area contributed by atoms with E-state index in [4.69, 9.17) is 4.74 Å². The van der Waals surface area contributed by atoms with E-state index in [-0.39, 0.29) is 18.1 Å². The molecule has 0 aromatic carbocycles. The van der Waals surface area contributed by atoms with Crippen molar-refractivity contribution in [3.8, 4) is 0 Å². The van der Waals surface area contributed by atoms with Crippen LogP contribution in [0.2, 0.25) is 0 Å². The quantitative estimate of drug-likeness (QED) is 0.454. The number of ether oxygens (including phenoxy) is 1. The van der Waals surface area contributed by atoms with Crippen LogP contribution in [0.4, 0.5) is 0 Å². The first-order chi connectivity index (χ1) is 11.0. The van der Waals surface area contributed by atoms with Crippen molar-refractivity contribution in [3.05, 3.63) is 22.5 Å². The van der Waals surface area contributed by atoms with E-state index in [0.29, 0.717) is 22.5 Å². The van der Waals surface area contributed by atoms with E-state index in [1.807, 2.05) is 6.26 Å². The minimum atomic E-state index is -0.469. The predicted molar refractivity (Wildman–Crippen MR) is 93.0 cm³/mol. The number of thioether (sulfide) groups is 2. The third-order valence-corrected chi connectivity index (χ3v) is 6.05. The monoisotopic (exact) mass is 371 g/mol. The Morgan fingerprint density at radius 1 is 1.17 bits per heavy atom. The van der Waals surface area contributed by atoms with Crippen molar-refractivity contribution in [3.63, 3.8) is 0 Å². The number of hydrogen-bond donors (Lipinski definition) is 1. The van der Waals surface area contributed by atoms with Gasteiger partial charge < -0.3 is 9.72 Å². The van der Waals surface area contributed by atoms with Crippen LogP contribution in [0.5, 0.6) is 0 Å². The zero-order valence-electron chi connectivity index (χ0n) is 13.3. The third kappa shape index (κ3) is 4.15. The molecule has 2 aromatic rings. The number of hydrogen-bond acceptors (Lipinski definition) is 8. The maximum Gasteiger partial charge on any atom is 0.340 e. The second kappa shape index (κ2) is 7.98. The van der Waals surface area contributed by atoms with Crippen LogP contribution in [0.3, 0.4) is 0 Å². The molecule has 0 aliphatic carbocycles.